The Kier molecular flexibility index (Phi) is 8.16. The molecule has 5 nitrogen and oxygen atoms in total. The highest BCUT2D eigenvalue weighted by molar-refractivity contribution is 8.16. The predicted molar refractivity (Wildman–Crippen MR) is 130 cm³/mol. The molecule has 1 heterocycles. The summed E-state index contributed by atoms with van der Waals surface area (Å²) in [6, 6.07) is 6.26. The van der Waals surface area contributed by atoms with Crippen LogP contribution in [0.5, 0.6) is 0 Å². The van der Waals surface area contributed by atoms with Crippen molar-refractivity contribution in [3.05, 3.63) is 46.6 Å². The molecule has 0 saturated carbocycles. The quantitative estimate of drug-likeness (QED) is 0.272. The molecule has 1 aromatic carbocycles. The highest BCUT2D eigenvalue weighted by Gasteiger charge is 2.34. The molecule has 1 aromatic rings. The van der Waals surface area contributed by atoms with Gasteiger partial charge in [0.25, 0.3) is 0 Å². The number of amidine groups is 1. The van der Waals surface area contributed by atoms with Crippen LogP contribution in [0.4, 0.5) is 9.18 Å². The van der Waals surface area contributed by atoms with E-state index in [0.29, 0.717) is 22.9 Å². The summed E-state index contributed by atoms with van der Waals surface area (Å²) in [7, 11) is -1.26. The average Bonchev–Trinajstić information content (AvgIpc) is 2.61. The van der Waals surface area contributed by atoms with E-state index in [9.17, 15) is 9.18 Å². The number of nitrogens with zero attached hydrogens (tertiary/aromatic N) is 2. The summed E-state index contributed by atoms with van der Waals surface area (Å²) in [6.45, 7) is 16.4. The smallest absolute Gasteiger partial charge is 0.418 e. The molecule has 0 bridgehead atoms. The summed E-state index contributed by atoms with van der Waals surface area (Å²) >= 11 is 1.30. The molecule has 8 heteroatoms. The van der Waals surface area contributed by atoms with Crippen LogP contribution in [0.25, 0.3) is 0 Å². The number of halogens is 1. The Hall–Kier alpha value is -1.64. The number of benzene rings is 1. The molecule has 0 radical (unpaired) electrons. The second-order valence-electron chi connectivity index (χ2n) is 10.2. The van der Waals surface area contributed by atoms with Crippen LogP contribution in [0, 0.1) is 12.7 Å². The number of hydrogen-bond acceptors (Lipinski definition) is 5. The van der Waals surface area contributed by atoms with E-state index in [1.807, 2.05) is 45.2 Å². The van der Waals surface area contributed by atoms with Gasteiger partial charge in [-0.25, -0.2) is 19.1 Å². The fourth-order valence-electron chi connectivity index (χ4n) is 2.84. The van der Waals surface area contributed by atoms with Crippen molar-refractivity contribution in [2.24, 2.45) is 4.99 Å². The first-order valence-electron chi connectivity index (χ1n) is 10.5. The van der Waals surface area contributed by atoms with Crippen LogP contribution in [0.3, 0.4) is 0 Å². The molecular weight excluding hydrogens is 431 g/mol. The van der Waals surface area contributed by atoms with Crippen LogP contribution in [-0.2, 0) is 15.0 Å². The Labute approximate surface area is 191 Å². The van der Waals surface area contributed by atoms with Crippen LogP contribution in [0.1, 0.15) is 38.8 Å². The summed E-state index contributed by atoms with van der Waals surface area (Å²) in [5.74, 6) is -0.292. The summed E-state index contributed by atoms with van der Waals surface area (Å²) in [5.41, 5.74) is -0.573. The van der Waals surface area contributed by atoms with Gasteiger partial charge < -0.3 is 9.47 Å². The summed E-state index contributed by atoms with van der Waals surface area (Å²) in [4.78, 5) is 19.1. The molecule has 0 spiro atoms. The highest BCUT2D eigenvalue weighted by Crippen LogP contribution is 2.36. The lowest BCUT2D eigenvalue weighted by atomic mass is 9.91. The van der Waals surface area contributed by atoms with E-state index in [0.717, 1.165) is 6.04 Å². The molecule has 0 fully saturated rings. The van der Waals surface area contributed by atoms with E-state index in [1.165, 1.54) is 16.7 Å². The first-order valence-corrected chi connectivity index (χ1v) is 15.1. The summed E-state index contributed by atoms with van der Waals surface area (Å²) in [6.07, 6.45) is 1.31. The third-order valence-electron chi connectivity index (χ3n) is 4.69. The predicted octanol–water partition coefficient (Wildman–Crippen LogP) is 6.52. The molecule has 1 amide bonds. The number of aliphatic imine (C=N–C) groups is 1. The molecule has 1 aliphatic heterocycles. The van der Waals surface area contributed by atoms with Crippen molar-refractivity contribution in [1.29, 1.82) is 0 Å². The zero-order chi connectivity index (χ0) is 23.4. The minimum absolute atomic E-state index is 0.0332. The number of thioether (sulfide) groups is 1. The van der Waals surface area contributed by atoms with E-state index in [1.54, 1.807) is 19.1 Å². The third-order valence-corrected chi connectivity index (χ3v) is 7.19. The first-order chi connectivity index (χ1) is 14.2. The van der Waals surface area contributed by atoms with Crippen LogP contribution in [0.2, 0.25) is 25.7 Å². The lowest BCUT2D eigenvalue weighted by Gasteiger charge is -2.32. The Bertz CT molecular complexity index is 861. The monoisotopic (exact) mass is 466 g/mol. The minimum atomic E-state index is -1.26. The van der Waals surface area contributed by atoms with Gasteiger partial charge >= 0.3 is 6.09 Å². The van der Waals surface area contributed by atoms with Crippen molar-refractivity contribution < 1.29 is 18.7 Å². The van der Waals surface area contributed by atoms with E-state index in [4.69, 9.17) is 14.5 Å². The lowest BCUT2D eigenvalue weighted by Crippen LogP contribution is -2.42. The fourth-order valence-corrected chi connectivity index (χ4v) is 4.55. The molecule has 31 heavy (non-hydrogen) atoms. The standard InChI is InChI=1S/C23H35FN2O3SSi/c1-17-10-9-11-18(19(17)24)23(5)12-14-30-20(25-23)26(21(27)29-22(2,3)4)16-28-13-15-31(6,7)8/h9-12,14H,13,15-16H2,1-8H3/t23-/m0/s1. The van der Waals surface area contributed by atoms with Crippen LogP contribution < -0.4 is 0 Å². The Morgan fingerprint density at radius 1 is 1.29 bits per heavy atom. The van der Waals surface area contributed by atoms with E-state index < -0.39 is 25.3 Å². The van der Waals surface area contributed by atoms with E-state index in [2.05, 4.69) is 19.6 Å². The van der Waals surface area contributed by atoms with Gasteiger partial charge in [0.1, 0.15) is 23.7 Å². The van der Waals surface area contributed by atoms with Crippen LogP contribution >= 0.6 is 11.8 Å². The SMILES string of the molecule is Cc1cccc([C@]2(C)C=CSC(N(COCC[Si](C)(C)C)C(=O)OC(C)(C)C)=N2)c1F. The number of carbonyl (C=O) groups is 1. The molecule has 0 aromatic heterocycles. The number of ether oxygens (including phenoxy) is 2. The van der Waals surface area contributed by atoms with Gasteiger partial charge in [-0.05, 0) is 57.7 Å². The normalized spacial score (nSPS) is 19.2. The van der Waals surface area contributed by atoms with Gasteiger partial charge in [-0.1, -0.05) is 49.6 Å². The maximum Gasteiger partial charge on any atom is 0.418 e. The topological polar surface area (TPSA) is 51.1 Å². The van der Waals surface area contributed by atoms with Gasteiger partial charge in [0.2, 0.25) is 0 Å². The fraction of sp³-hybridized carbons (Fsp3) is 0.565. The Balaban J connectivity index is 2.32. The molecule has 172 valence electrons. The highest BCUT2D eigenvalue weighted by atomic mass is 32.2. The largest absolute Gasteiger partial charge is 0.443 e. The summed E-state index contributed by atoms with van der Waals surface area (Å²) in [5, 5.41) is 2.26. The minimum Gasteiger partial charge on any atom is -0.443 e. The molecule has 0 unspecified atom stereocenters. The second kappa shape index (κ2) is 9.88. The first kappa shape index (κ1) is 25.6. The van der Waals surface area contributed by atoms with Crippen LogP contribution in [-0.4, -0.2) is 43.2 Å². The Morgan fingerprint density at radius 2 is 1.97 bits per heavy atom. The third kappa shape index (κ3) is 7.47. The lowest BCUT2D eigenvalue weighted by molar-refractivity contribution is 0.0111. The number of carbonyl (C=O) groups excluding carboxylic acids is 1. The molecule has 1 atom stereocenters. The van der Waals surface area contributed by atoms with Crippen molar-refractivity contribution in [1.82, 2.24) is 4.90 Å². The number of amides is 1. The second-order valence-corrected chi connectivity index (χ2v) is 16.6. The van der Waals surface area contributed by atoms with Gasteiger partial charge in [-0.3, -0.25) is 0 Å². The maximum atomic E-state index is 14.9. The van der Waals surface area contributed by atoms with Crippen molar-refractivity contribution >= 4 is 31.1 Å². The van der Waals surface area contributed by atoms with Gasteiger partial charge in [0.15, 0.2) is 5.17 Å². The van der Waals surface area contributed by atoms with Gasteiger partial charge in [-0.15, -0.1) is 0 Å². The molecule has 1 aliphatic rings. The molecule has 0 saturated heterocycles. The number of aryl methyl sites for hydroxylation is 1. The molecule has 2 rings (SSSR count). The summed E-state index contributed by atoms with van der Waals surface area (Å²) < 4.78 is 26.3. The van der Waals surface area contributed by atoms with Crippen molar-refractivity contribution in [3.8, 4) is 0 Å². The Morgan fingerprint density at radius 3 is 2.58 bits per heavy atom. The zero-order valence-electron chi connectivity index (χ0n) is 19.9. The molecule has 0 aliphatic carbocycles. The van der Waals surface area contributed by atoms with Gasteiger partial charge in [-0.2, -0.15) is 0 Å². The van der Waals surface area contributed by atoms with Crippen molar-refractivity contribution in [2.45, 2.75) is 71.4 Å². The molecular formula is C23H35FN2O3SSi. The number of hydrogen-bond donors (Lipinski definition) is 0. The van der Waals surface area contributed by atoms with Crippen LogP contribution in [0.15, 0.2) is 34.7 Å². The van der Waals surface area contributed by atoms with Gasteiger partial charge in [0, 0.05) is 20.2 Å². The average molecular weight is 467 g/mol. The zero-order valence-corrected chi connectivity index (χ0v) is 21.7. The van der Waals surface area contributed by atoms with Crippen molar-refractivity contribution in [3.63, 3.8) is 0 Å². The number of rotatable bonds is 6. The molecule has 0 N–H and O–H groups in total. The van der Waals surface area contributed by atoms with E-state index >= 15 is 0 Å². The maximum absolute atomic E-state index is 14.9. The van der Waals surface area contributed by atoms with Crippen molar-refractivity contribution in [2.75, 3.05) is 13.3 Å². The van der Waals surface area contributed by atoms with E-state index in [-0.39, 0.29) is 12.5 Å². The van der Waals surface area contributed by atoms with Gasteiger partial charge in [0.05, 0.1) is 0 Å².